The molecule has 0 bridgehead atoms. The number of aromatic nitrogens is 2. The first-order valence-electron chi connectivity index (χ1n) is 14.4. The molecular formula is C36H25Cl2FN4O2S. The van der Waals surface area contributed by atoms with Crippen LogP contribution in [0.4, 0.5) is 10.1 Å². The first kappa shape index (κ1) is 29.9. The van der Waals surface area contributed by atoms with E-state index in [1.807, 2.05) is 66.9 Å². The van der Waals surface area contributed by atoms with Crippen molar-refractivity contribution in [3.8, 4) is 0 Å². The molecule has 1 N–H and O–H groups in total. The van der Waals surface area contributed by atoms with Crippen molar-refractivity contribution in [2.24, 2.45) is 4.99 Å². The molecule has 6 nitrogen and oxygen atoms in total. The maximum absolute atomic E-state index is 14.2. The zero-order valence-corrected chi connectivity index (χ0v) is 26.7. The number of hydrogen-bond donors (Lipinski definition) is 1. The smallest absolute Gasteiger partial charge is 0.271 e. The van der Waals surface area contributed by atoms with Gasteiger partial charge in [-0.15, -0.1) is 0 Å². The van der Waals surface area contributed by atoms with Gasteiger partial charge >= 0.3 is 0 Å². The van der Waals surface area contributed by atoms with Crippen LogP contribution in [0, 0.1) is 5.82 Å². The zero-order valence-electron chi connectivity index (χ0n) is 24.4. The molecule has 46 heavy (non-hydrogen) atoms. The van der Waals surface area contributed by atoms with Crippen LogP contribution in [0.5, 0.6) is 0 Å². The van der Waals surface area contributed by atoms with Gasteiger partial charge in [-0.3, -0.25) is 14.2 Å². The summed E-state index contributed by atoms with van der Waals surface area (Å²) in [6, 6.07) is 27.5. The van der Waals surface area contributed by atoms with Crippen LogP contribution in [0.1, 0.15) is 29.7 Å². The average molecular weight is 668 g/mol. The second-order valence-corrected chi connectivity index (χ2v) is 12.8. The minimum absolute atomic E-state index is 0.298. The van der Waals surface area contributed by atoms with Crippen LogP contribution in [0.25, 0.3) is 17.0 Å². The number of benzene rings is 4. The summed E-state index contributed by atoms with van der Waals surface area (Å²) in [5.41, 5.74) is 4.44. The Bertz CT molecular complexity index is 2360. The number of anilines is 1. The van der Waals surface area contributed by atoms with Gasteiger partial charge in [0.05, 0.1) is 21.8 Å². The van der Waals surface area contributed by atoms with Gasteiger partial charge in [0.1, 0.15) is 5.82 Å². The Hall–Kier alpha value is -4.76. The lowest BCUT2D eigenvalue weighted by Gasteiger charge is -2.25. The lowest BCUT2D eigenvalue weighted by atomic mass is 9.95. The summed E-state index contributed by atoms with van der Waals surface area (Å²) in [5.74, 6) is -0.802. The highest BCUT2D eigenvalue weighted by atomic mass is 35.5. The molecule has 1 unspecified atom stereocenters. The SMILES string of the molecule is CC1=C(C(=O)Nc2ccccc2)C(c2ccc(F)cc2)n2c(s/c(=C/c3cn(Cc4ccc(Cl)cc4Cl)c4ccccc34)c2=O)=N1. The van der Waals surface area contributed by atoms with Gasteiger partial charge in [0.15, 0.2) is 4.80 Å². The van der Waals surface area contributed by atoms with Crippen molar-refractivity contribution < 1.29 is 9.18 Å². The van der Waals surface area contributed by atoms with E-state index in [2.05, 4.69) is 9.88 Å². The number of fused-ring (bicyclic) bond motifs is 2. The number of amides is 1. The van der Waals surface area contributed by atoms with Gasteiger partial charge in [0, 0.05) is 44.9 Å². The van der Waals surface area contributed by atoms with Gasteiger partial charge < -0.3 is 9.88 Å². The number of rotatable bonds is 6. The number of nitrogens with zero attached hydrogens (tertiary/aromatic N) is 3. The highest BCUT2D eigenvalue weighted by Gasteiger charge is 2.32. The van der Waals surface area contributed by atoms with Gasteiger partial charge in [-0.2, -0.15) is 0 Å². The molecule has 1 atom stereocenters. The van der Waals surface area contributed by atoms with E-state index in [1.165, 1.54) is 28.0 Å². The van der Waals surface area contributed by atoms with Crippen LogP contribution in [-0.4, -0.2) is 15.0 Å². The summed E-state index contributed by atoms with van der Waals surface area (Å²) in [5, 5.41) is 5.03. The second-order valence-electron chi connectivity index (χ2n) is 10.9. The van der Waals surface area contributed by atoms with Crippen LogP contribution in [0.3, 0.4) is 0 Å². The summed E-state index contributed by atoms with van der Waals surface area (Å²) in [4.78, 5) is 33.2. The normalized spacial score (nSPS) is 14.8. The number of allylic oxidation sites excluding steroid dienone is 1. The number of para-hydroxylation sites is 2. The largest absolute Gasteiger partial charge is 0.342 e. The molecule has 1 aliphatic heterocycles. The molecule has 2 aromatic heterocycles. The first-order chi connectivity index (χ1) is 22.3. The molecule has 0 fully saturated rings. The Balaban J connectivity index is 1.35. The predicted octanol–water partition coefficient (Wildman–Crippen LogP) is 7.32. The van der Waals surface area contributed by atoms with Gasteiger partial charge in [0.25, 0.3) is 11.5 Å². The second kappa shape index (κ2) is 12.2. The zero-order chi connectivity index (χ0) is 31.9. The highest BCUT2D eigenvalue weighted by molar-refractivity contribution is 7.07. The molecule has 3 heterocycles. The summed E-state index contributed by atoms with van der Waals surface area (Å²) in [6.07, 6.45) is 3.85. The standard InChI is InChI=1S/C36H25Cl2FN4O2S/c1-21-32(34(44)41-27-7-3-2-4-8-27)33(22-12-15-26(39)16-13-22)43-35(45)31(46-36(43)40-21)17-24-20-42(30-10-6-5-9-28(24)30)19-23-11-14-25(37)18-29(23)38/h2-18,20,33H,19H2,1H3,(H,41,44)/b31-17+. The van der Waals surface area contributed by atoms with Crippen molar-refractivity contribution in [2.45, 2.75) is 19.5 Å². The maximum Gasteiger partial charge on any atom is 0.271 e. The van der Waals surface area contributed by atoms with Crippen molar-refractivity contribution in [1.29, 1.82) is 0 Å². The first-order valence-corrected chi connectivity index (χ1v) is 16.0. The van der Waals surface area contributed by atoms with E-state index in [-0.39, 0.29) is 11.5 Å². The molecule has 1 aliphatic rings. The van der Waals surface area contributed by atoms with E-state index in [9.17, 15) is 14.0 Å². The Morgan fingerprint density at radius 3 is 2.50 bits per heavy atom. The van der Waals surface area contributed by atoms with Gasteiger partial charge in [-0.1, -0.05) is 89.1 Å². The minimum atomic E-state index is -0.809. The molecule has 6 aromatic rings. The summed E-state index contributed by atoms with van der Waals surface area (Å²) < 4.78 is 18.1. The van der Waals surface area contributed by atoms with Gasteiger partial charge in [-0.25, -0.2) is 9.38 Å². The molecule has 7 rings (SSSR count). The van der Waals surface area contributed by atoms with Crippen LogP contribution < -0.4 is 20.2 Å². The molecule has 0 radical (unpaired) electrons. The van der Waals surface area contributed by atoms with Crippen molar-refractivity contribution in [2.75, 3.05) is 5.32 Å². The molecular weight excluding hydrogens is 642 g/mol. The minimum Gasteiger partial charge on any atom is -0.342 e. The topological polar surface area (TPSA) is 68.4 Å². The van der Waals surface area contributed by atoms with Crippen molar-refractivity contribution >= 4 is 63.1 Å². The number of carbonyl (C=O) groups is 1. The van der Waals surface area contributed by atoms with Crippen LogP contribution in [-0.2, 0) is 11.3 Å². The van der Waals surface area contributed by atoms with Crippen LogP contribution in [0.15, 0.2) is 124 Å². The highest BCUT2D eigenvalue weighted by Crippen LogP contribution is 2.31. The number of nitrogens with one attached hydrogen (secondary N) is 1. The maximum atomic E-state index is 14.2. The Morgan fingerprint density at radius 1 is 1.00 bits per heavy atom. The molecule has 0 spiro atoms. The Morgan fingerprint density at radius 2 is 1.74 bits per heavy atom. The molecule has 10 heteroatoms. The van der Waals surface area contributed by atoms with Crippen molar-refractivity contribution in [1.82, 2.24) is 9.13 Å². The van der Waals surface area contributed by atoms with Crippen LogP contribution >= 0.6 is 34.5 Å². The molecule has 0 saturated carbocycles. The molecule has 0 saturated heterocycles. The summed E-state index contributed by atoms with van der Waals surface area (Å²) in [6.45, 7) is 2.26. The lowest BCUT2D eigenvalue weighted by Crippen LogP contribution is -2.40. The van der Waals surface area contributed by atoms with Crippen molar-refractivity contribution in [3.63, 3.8) is 0 Å². The third kappa shape index (κ3) is 5.60. The number of halogens is 3. The van der Waals surface area contributed by atoms with Gasteiger partial charge in [0.2, 0.25) is 0 Å². The number of hydrogen-bond acceptors (Lipinski definition) is 4. The van der Waals surface area contributed by atoms with Crippen molar-refractivity contribution in [3.05, 3.63) is 167 Å². The summed E-state index contributed by atoms with van der Waals surface area (Å²) >= 11 is 13.9. The predicted molar refractivity (Wildman–Crippen MR) is 183 cm³/mol. The number of thiazole rings is 1. The Kier molecular flexibility index (Phi) is 7.94. The fourth-order valence-corrected chi connectivity index (χ4v) is 7.29. The van der Waals surface area contributed by atoms with E-state index in [0.29, 0.717) is 48.4 Å². The third-order valence-electron chi connectivity index (χ3n) is 7.95. The lowest BCUT2D eigenvalue weighted by molar-refractivity contribution is -0.113. The number of carbonyl (C=O) groups excluding carboxylic acids is 1. The van der Waals surface area contributed by atoms with E-state index in [0.717, 1.165) is 22.0 Å². The monoisotopic (exact) mass is 666 g/mol. The van der Waals surface area contributed by atoms with Crippen LogP contribution in [0.2, 0.25) is 10.0 Å². The third-order valence-corrected chi connectivity index (χ3v) is 9.52. The molecule has 0 aliphatic carbocycles. The fraction of sp³-hybridized carbons (Fsp3) is 0.0833. The summed E-state index contributed by atoms with van der Waals surface area (Å²) in [7, 11) is 0. The Labute approximate surface area is 277 Å². The van der Waals surface area contributed by atoms with Gasteiger partial charge in [-0.05, 0) is 66.6 Å². The van der Waals surface area contributed by atoms with E-state index >= 15 is 0 Å². The van der Waals surface area contributed by atoms with E-state index in [1.54, 1.807) is 37.3 Å². The van der Waals surface area contributed by atoms with E-state index in [4.69, 9.17) is 28.2 Å². The fourth-order valence-electron chi connectivity index (χ4n) is 5.79. The average Bonchev–Trinajstić information content (AvgIpc) is 3.54. The molecule has 4 aromatic carbocycles. The quantitative estimate of drug-likeness (QED) is 0.202. The molecule has 228 valence electrons. The van der Waals surface area contributed by atoms with E-state index < -0.39 is 11.9 Å². The molecule has 1 amide bonds.